The van der Waals surface area contributed by atoms with Crippen LogP contribution in [-0.4, -0.2) is 25.2 Å². The van der Waals surface area contributed by atoms with Crippen molar-refractivity contribution >= 4 is 21.6 Å². The maximum Gasteiger partial charge on any atom is 0.120 e. The van der Waals surface area contributed by atoms with Gasteiger partial charge in [-0.15, -0.1) is 11.3 Å². The predicted octanol–water partition coefficient (Wildman–Crippen LogP) is 2.03. The van der Waals surface area contributed by atoms with Crippen molar-refractivity contribution in [1.82, 2.24) is 10.3 Å². The number of benzene rings is 1. The number of nitrogens with zero attached hydrogens (tertiary/aromatic N) is 1. The average molecular weight is 222 g/mol. The largest absolute Gasteiger partial charge is 0.373 e. The normalized spacial score (nSPS) is 11.0. The molecular weight excluding hydrogens is 208 g/mol. The molecule has 0 saturated heterocycles. The summed E-state index contributed by atoms with van der Waals surface area (Å²) in [7, 11) is 1.92. The van der Waals surface area contributed by atoms with Crippen molar-refractivity contribution in [3.63, 3.8) is 0 Å². The minimum Gasteiger partial charge on any atom is -0.373 e. The summed E-state index contributed by atoms with van der Waals surface area (Å²) in [5, 5.41) is 4.09. The molecule has 1 heterocycles. The molecule has 0 saturated carbocycles. The van der Waals surface area contributed by atoms with Crippen molar-refractivity contribution in [3.05, 3.63) is 29.3 Å². The first kappa shape index (κ1) is 10.5. The van der Waals surface area contributed by atoms with Crippen LogP contribution in [0.25, 0.3) is 10.2 Å². The van der Waals surface area contributed by atoms with E-state index in [9.17, 15) is 0 Å². The molecule has 2 aromatic rings. The third-order valence-electron chi connectivity index (χ3n) is 2.06. The SMILES string of the molecule is CNCCOCc1nc2ccccc2s1. The molecule has 0 aliphatic rings. The van der Waals surface area contributed by atoms with Gasteiger partial charge in [0, 0.05) is 6.54 Å². The van der Waals surface area contributed by atoms with Crippen LogP contribution in [0.3, 0.4) is 0 Å². The first-order valence-electron chi connectivity index (χ1n) is 4.97. The zero-order chi connectivity index (χ0) is 10.5. The second-order valence-corrected chi connectivity index (χ2v) is 4.35. The van der Waals surface area contributed by atoms with Gasteiger partial charge < -0.3 is 10.1 Å². The molecule has 0 amide bonds. The molecule has 4 heteroatoms. The Hall–Kier alpha value is -0.970. The van der Waals surface area contributed by atoms with Gasteiger partial charge in [-0.1, -0.05) is 12.1 Å². The molecule has 0 fully saturated rings. The van der Waals surface area contributed by atoms with E-state index in [0.717, 1.165) is 23.7 Å². The Bertz CT molecular complexity index is 394. The van der Waals surface area contributed by atoms with Crippen LogP contribution in [0.5, 0.6) is 0 Å². The maximum atomic E-state index is 5.48. The number of hydrogen-bond acceptors (Lipinski definition) is 4. The van der Waals surface area contributed by atoms with Gasteiger partial charge in [0.05, 0.1) is 23.4 Å². The van der Waals surface area contributed by atoms with E-state index in [1.165, 1.54) is 4.70 Å². The van der Waals surface area contributed by atoms with Gasteiger partial charge in [-0.3, -0.25) is 0 Å². The molecule has 1 aromatic carbocycles. The quantitative estimate of drug-likeness (QED) is 0.786. The lowest BCUT2D eigenvalue weighted by atomic mass is 10.3. The fourth-order valence-corrected chi connectivity index (χ4v) is 2.22. The zero-order valence-corrected chi connectivity index (χ0v) is 9.51. The molecule has 0 atom stereocenters. The fourth-order valence-electron chi connectivity index (χ4n) is 1.32. The third kappa shape index (κ3) is 2.75. The van der Waals surface area contributed by atoms with Gasteiger partial charge in [0.15, 0.2) is 0 Å². The summed E-state index contributed by atoms with van der Waals surface area (Å²) in [5.41, 5.74) is 1.06. The van der Waals surface area contributed by atoms with E-state index in [0.29, 0.717) is 6.61 Å². The monoisotopic (exact) mass is 222 g/mol. The molecule has 0 bridgehead atoms. The third-order valence-corrected chi connectivity index (χ3v) is 3.07. The van der Waals surface area contributed by atoms with Crippen LogP contribution in [0, 0.1) is 0 Å². The van der Waals surface area contributed by atoms with E-state index in [1.54, 1.807) is 11.3 Å². The Morgan fingerprint density at radius 2 is 2.27 bits per heavy atom. The first-order chi connectivity index (χ1) is 7.40. The molecule has 0 spiro atoms. The van der Waals surface area contributed by atoms with Gasteiger partial charge in [-0.05, 0) is 19.2 Å². The van der Waals surface area contributed by atoms with Crippen LogP contribution in [0.2, 0.25) is 0 Å². The highest BCUT2D eigenvalue weighted by Gasteiger charge is 2.02. The zero-order valence-electron chi connectivity index (χ0n) is 8.69. The number of para-hydroxylation sites is 1. The number of rotatable bonds is 5. The van der Waals surface area contributed by atoms with Crippen LogP contribution < -0.4 is 5.32 Å². The van der Waals surface area contributed by atoms with E-state index < -0.39 is 0 Å². The van der Waals surface area contributed by atoms with Crippen LogP contribution >= 0.6 is 11.3 Å². The molecule has 0 aliphatic carbocycles. The first-order valence-corrected chi connectivity index (χ1v) is 5.78. The van der Waals surface area contributed by atoms with E-state index >= 15 is 0 Å². The summed E-state index contributed by atoms with van der Waals surface area (Å²) in [6, 6.07) is 8.16. The fraction of sp³-hybridized carbons (Fsp3) is 0.364. The molecule has 0 aliphatic heterocycles. The summed E-state index contributed by atoms with van der Waals surface area (Å²) in [6.45, 7) is 2.22. The number of hydrogen-bond donors (Lipinski definition) is 1. The van der Waals surface area contributed by atoms with Crippen LogP contribution in [0.15, 0.2) is 24.3 Å². The number of nitrogens with one attached hydrogen (secondary N) is 1. The molecule has 3 nitrogen and oxygen atoms in total. The van der Waals surface area contributed by atoms with Crippen molar-refractivity contribution in [2.75, 3.05) is 20.2 Å². The van der Waals surface area contributed by atoms with Crippen molar-refractivity contribution < 1.29 is 4.74 Å². The number of fused-ring (bicyclic) bond motifs is 1. The standard InChI is InChI=1S/C11H14N2OS/c1-12-6-7-14-8-11-13-9-4-2-3-5-10(9)15-11/h2-5,12H,6-8H2,1H3. The van der Waals surface area contributed by atoms with E-state index in [-0.39, 0.29) is 0 Å². The van der Waals surface area contributed by atoms with Gasteiger partial charge >= 0.3 is 0 Å². The summed E-state index contributed by atoms with van der Waals surface area (Å²) < 4.78 is 6.70. The minimum absolute atomic E-state index is 0.612. The highest BCUT2D eigenvalue weighted by Crippen LogP contribution is 2.21. The van der Waals surface area contributed by atoms with Crippen molar-refractivity contribution in [1.29, 1.82) is 0 Å². The highest BCUT2D eigenvalue weighted by molar-refractivity contribution is 7.18. The number of likely N-dealkylation sites (N-methyl/N-ethyl adjacent to an activating group) is 1. The van der Waals surface area contributed by atoms with Gasteiger partial charge in [0.1, 0.15) is 5.01 Å². The summed E-state index contributed by atoms with van der Waals surface area (Å²) in [6.07, 6.45) is 0. The Labute approximate surface area is 93.1 Å². The van der Waals surface area contributed by atoms with Crippen LogP contribution in [0.1, 0.15) is 5.01 Å². The molecule has 80 valence electrons. The van der Waals surface area contributed by atoms with E-state index in [2.05, 4.69) is 16.4 Å². The van der Waals surface area contributed by atoms with Gasteiger partial charge in [-0.2, -0.15) is 0 Å². The Morgan fingerprint density at radius 3 is 3.07 bits per heavy atom. The van der Waals surface area contributed by atoms with Crippen molar-refractivity contribution in [3.8, 4) is 0 Å². The Balaban J connectivity index is 1.97. The number of aromatic nitrogens is 1. The topological polar surface area (TPSA) is 34.1 Å². The maximum absolute atomic E-state index is 5.48. The average Bonchev–Trinajstić information content (AvgIpc) is 2.67. The van der Waals surface area contributed by atoms with Crippen molar-refractivity contribution in [2.24, 2.45) is 0 Å². The highest BCUT2D eigenvalue weighted by atomic mass is 32.1. The molecule has 0 radical (unpaired) electrons. The van der Waals surface area contributed by atoms with Gasteiger partial charge in [-0.25, -0.2) is 4.98 Å². The molecule has 1 aromatic heterocycles. The smallest absolute Gasteiger partial charge is 0.120 e. The predicted molar refractivity (Wildman–Crippen MR) is 63.2 cm³/mol. The second kappa shape index (κ2) is 5.21. The Morgan fingerprint density at radius 1 is 1.40 bits per heavy atom. The van der Waals surface area contributed by atoms with Crippen LogP contribution in [0.4, 0.5) is 0 Å². The lowest BCUT2D eigenvalue weighted by molar-refractivity contribution is 0.124. The molecule has 15 heavy (non-hydrogen) atoms. The summed E-state index contributed by atoms with van der Waals surface area (Å²) >= 11 is 1.70. The number of thiazole rings is 1. The molecular formula is C11H14N2OS. The second-order valence-electron chi connectivity index (χ2n) is 3.23. The molecule has 2 rings (SSSR count). The lowest BCUT2D eigenvalue weighted by Gasteiger charge is -1.99. The molecule has 1 N–H and O–H groups in total. The summed E-state index contributed by atoms with van der Waals surface area (Å²) in [4.78, 5) is 4.48. The molecule has 0 unspecified atom stereocenters. The lowest BCUT2D eigenvalue weighted by Crippen LogP contribution is -2.13. The summed E-state index contributed by atoms with van der Waals surface area (Å²) in [5.74, 6) is 0. The van der Waals surface area contributed by atoms with E-state index in [4.69, 9.17) is 4.74 Å². The van der Waals surface area contributed by atoms with E-state index in [1.807, 2.05) is 25.2 Å². The van der Waals surface area contributed by atoms with Gasteiger partial charge in [0.25, 0.3) is 0 Å². The van der Waals surface area contributed by atoms with Crippen molar-refractivity contribution in [2.45, 2.75) is 6.61 Å². The minimum atomic E-state index is 0.612. The Kier molecular flexibility index (Phi) is 3.66. The van der Waals surface area contributed by atoms with Gasteiger partial charge in [0.2, 0.25) is 0 Å². The van der Waals surface area contributed by atoms with Crippen LogP contribution in [-0.2, 0) is 11.3 Å². The number of ether oxygens (including phenoxy) is 1.